The van der Waals surface area contributed by atoms with Crippen molar-refractivity contribution in [2.24, 2.45) is 0 Å². The SMILES string of the molecule is COc1ccc(OC)c(NC(=O)c2nc(-c3ccc(Cl)cc3)n(-c3ccc(Cl)c(Cl)c3)n2)c1. The number of halogens is 3. The number of carbonyl (C=O) groups is 1. The summed E-state index contributed by atoms with van der Waals surface area (Å²) < 4.78 is 12.1. The van der Waals surface area contributed by atoms with Crippen molar-refractivity contribution < 1.29 is 14.3 Å². The smallest absolute Gasteiger partial charge is 0.295 e. The third kappa shape index (κ3) is 4.90. The fraction of sp³-hybridized carbons (Fsp3) is 0.0870. The van der Waals surface area contributed by atoms with Crippen molar-refractivity contribution in [3.05, 3.63) is 81.6 Å². The molecule has 0 atom stereocenters. The van der Waals surface area contributed by atoms with Crippen LogP contribution in [0.2, 0.25) is 15.1 Å². The second-order valence-corrected chi connectivity index (χ2v) is 8.05. The second-order valence-electron chi connectivity index (χ2n) is 6.80. The van der Waals surface area contributed by atoms with Crippen molar-refractivity contribution in [2.45, 2.75) is 0 Å². The predicted molar refractivity (Wildman–Crippen MR) is 129 cm³/mol. The fourth-order valence-electron chi connectivity index (χ4n) is 3.08. The van der Waals surface area contributed by atoms with Gasteiger partial charge >= 0.3 is 0 Å². The topological polar surface area (TPSA) is 78.3 Å². The van der Waals surface area contributed by atoms with E-state index in [-0.39, 0.29) is 5.82 Å². The Morgan fingerprint density at radius 1 is 0.909 bits per heavy atom. The molecule has 0 saturated heterocycles. The van der Waals surface area contributed by atoms with Crippen molar-refractivity contribution in [2.75, 3.05) is 19.5 Å². The largest absolute Gasteiger partial charge is 0.497 e. The summed E-state index contributed by atoms with van der Waals surface area (Å²) in [7, 11) is 3.04. The van der Waals surface area contributed by atoms with Crippen LogP contribution in [0.4, 0.5) is 5.69 Å². The maximum absolute atomic E-state index is 13.1. The number of aromatic nitrogens is 3. The van der Waals surface area contributed by atoms with Gasteiger partial charge in [-0.3, -0.25) is 4.79 Å². The lowest BCUT2D eigenvalue weighted by molar-refractivity contribution is 0.101. The van der Waals surface area contributed by atoms with E-state index in [0.29, 0.717) is 49.3 Å². The van der Waals surface area contributed by atoms with E-state index < -0.39 is 5.91 Å². The number of carbonyl (C=O) groups excluding carboxylic acids is 1. The summed E-state index contributed by atoms with van der Waals surface area (Å²) in [4.78, 5) is 17.6. The van der Waals surface area contributed by atoms with Crippen LogP contribution in [-0.2, 0) is 0 Å². The van der Waals surface area contributed by atoms with Gasteiger partial charge in [-0.2, -0.15) is 0 Å². The normalized spacial score (nSPS) is 10.7. The average Bonchev–Trinajstić information content (AvgIpc) is 3.27. The van der Waals surface area contributed by atoms with Crippen molar-refractivity contribution in [1.29, 1.82) is 0 Å². The van der Waals surface area contributed by atoms with E-state index in [0.717, 1.165) is 0 Å². The molecule has 0 bridgehead atoms. The molecule has 0 unspecified atom stereocenters. The number of nitrogens with one attached hydrogen (secondary N) is 1. The van der Waals surface area contributed by atoms with E-state index in [4.69, 9.17) is 44.3 Å². The van der Waals surface area contributed by atoms with Crippen LogP contribution in [0, 0.1) is 0 Å². The van der Waals surface area contributed by atoms with Crippen molar-refractivity contribution in [3.8, 4) is 28.6 Å². The summed E-state index contributed by atoms with van der Waals surface area (Å²) in [5, 5.41) is 8.52. The van der Waals surface area contributed by atoms with Crippen molar-refractivity contribution >= 4 is 46.4 Å². The van der Waals surface area contributed by atoms with Crippen LogP contribution in [0.1, 0.15) is 10.6 Å². The van der Waals surface area contributed by atoms with Crippen molar-refractivity contribution in [3.63, 3.8) is 0 Å². The zero-order valence-electron chi connectivity index (χ0n) is 17.5. The number of anilines is 1. The molecule has 1 aromatic heterocycles. The number of methoxy groups -OCH3 is 2. The molecule has 4 rings (SSSR count). The number of nitrogens with zero attached hydrogens (tertiary/aromatic N) is 3. The van der Waals surface area contributed by atoms with E-state index in [9.17, 15) is 4.79 Å². The van der Waals surface area contributed by atoms with Gasteiger partial charge in [0.25, 0.3) is 5.91 Å². The predicted octanol–water partition coefficient (Wildman–Crippen LogP) is 6.16. The summed E-state index contributed by atoms with van der Waals surface area (Å²) in [6.45, 7) is 0. The molecule has 168 valence electrons. The molecule has 1 amide bonds. The lowest BCUT2D eigenvalue weighted by Crippen LogP contribution is -2.15. The monoisotopic (exact) mass is 502 g/mol. The summed E-state index contributed by atoms with van der Waals surface area (Å²) in [5.41, 5.74) is 1.71. The number of benzene rings is 3. The van der Waals surface area contributed by atoms with Gasteiger partial charge in [0.05, 0.1) is 35.6 Å². The summed E-state index contributed by atoms with van der Waals surface area (Å²) in [6.07, 6.45) is 0. The Hall–Kier alpha value is -3.26. The van der Waals surface area contributed by atoms with Gasteiger partial charge in [0.1, 0.15) is 11.5 Å². The number of hydrogen-bond acceptors (Lipinski definition) is 5. The molecule has 0 spiro atoms. The summed E-state index contributed by atoms with van der Waals surface area (Å²) in [5.74, 6) is 0.854. The first-order valence-corrected chi connectivity index (χ1v) is 10.7. The third-order valence-electron chi connectivity index (χ3n) is 4.72. The summed E-state index contributed by atoms with van der Waals surface area (Å²) in [6, 6.07) is 17.1. The Bertz CT molecular complexity index is 1320. The third-order valence-corrected chi connectivity index (χ3v) is 5.71. The highest BCUT2D eigenvalue weighted by atomic mass is 35.5. The molecule has 7 nitrogen and oxygen atoms in total. The minimum atomic E-state index is -0.532. The quantitative estimate of drug-likeness (QED) is 0.341. The molecular weight excluding hydrogens is 487 g/mol. The van der Waals surface area contributed by atoms with Gasteiger partial charge in [-0.15, -0.1) is 5.10 Å². The molecular formula is C23H17Cl3N4O3. The van der Waals surface area contributed by atoms with E-state index >= 15 is 0 Å². The second kappa shape index (κ2) is 9.70. The van der Waals surface area contributed by atoms with Crippen LogP contribution in [0.15, 0.2) is 60.7 Å². The maximum atomic E-state index is 13.1. The van der Waals surface area contributed by atoms with Crippen LogP contribution in [0.3, 0.4) is 0 Å². The molecule has 0 saturated carbocycles. The molecule has 3 aromatic carbocycles. The molecule has 0 aliphatic heterocycles. The molecule has 4 aromatic rings. The maximum Gasteiger partial charge on any atom is 0.295 e. The number of ether oxygens (including phenoxy) is 2. The lowest BCUT2D eigenvalue weighted by atomic mass is 10.2. The highest BCUT2D eigenvalue weighted by Gasteiger charge is 2.21. The molecule has 1 N–H and O–H groups in total. The van der Waals surface area contributed by atoms with E-state index in [2.05, 4.69) is 15.4 Å². The lowest BCUT2D eigenvalue weighted by Gasteiger charge is -2.10. The molecule has 10 heteroatoms. The van der Waals surface area contributed by atoms with Crippen LogP contribution < -0.4 is 14.8 Å². The Kier molecular flexibility index (Phi) is 6.74. The minimum Gasteiger partial charge on any atom is -0.497 e. The zero-order chi connectivity index (χ0) is 23.5. The first-order valence-electron chi connectivity index (χ1n) is 9.61. The van der Waals surface area contributed by atoms with E-state index in [1.54, 1.807) is 60.7 Å². The van der Waals surface area contributed by atoms with E-state index in [1.165, 1.54) is 18.9 Å². The van der Waals surface area contributed by atoms with Gasteiger partial charge in [-0.1, -0.05) is 34.8 Å². The zero-order valence-corrected chi connectivity index (χ0v) is 19.7. The highest BCUT2D eigenvalue weighted by Crippen LogP contribution is 2.30. The van der Waals surface area contributed by atoms with Crippen LogP contribution in [0.5, 0.6) is 11.5 Å². The highest BCUT2D eigenvalue weighted by molar-refractivity contribution is 6.42. The van der Waals surface area contributed by atoms with E-state index in [1.807, 2.05) is 0 Å². The molecule has 1 heterocycles. The Labute approximate surface area is 204 Å². The summed E-state index contributed by atoms with van der Waals surface area (Å²) >= 11 is 18.3. The minimum absolute atomic E-state index is 0.0594. The van der Waals surface area contributed by atoms with Gasteiger partial charge in [0, 0.05) is 16.7 Å². The van der Waals surface area contributed by atoms with Gasteiger partial charge < -0.3 is 14.8 Å². The van der Waals surface area contributed by atoms with Crippen LogP contribution in [-0.4, -0.2) is 34.9 Å². The van der Waals surface area contributed by atoms with Gasteiger partial charge in [-0.25, -0.2) is 9.67 Å². The fourth-order valence-corrected chi connectivity index (χ4v) is 3.50. The Morgan fingerprint density at radius 2 is 1.67 bits per heavy atom. The molecule has 33 heavy (non-hydrogen) atoms. The number of hydrogen-bond donors (Lipinski definition) is 1. The van der Waals surface area contributed by atoms with Gasteiger partial charge in [0.15, 0.2) is 5.82 Å². The molecule has 0 fully saturated rings. The Morgan fingerprint density at radius 3 is 2.33 bits per heavy atom. The van der Waals surface area contributed by atoms with Gasteiger partial charge in [-0.05, 0) is 54.6 Å². The number of rotatable bonds is 6. The van der Waals surface area contributed by atoms with Gasteiger partial charge in [0.2, 0.25) is 5.82 Å². The molecule has 0 aliphatic carbocycles. The Balaban J connectivity index is 1.77. The molecule has 0 radical (unpaired) electrons. The first-order chi connectivity index (χ1) is 15.9. The van der Waals surface area contributed by atoms with Crippen molar-refractivity contribution in [1.82, 2.24) is 14.8 Å². The van der Waals surface area contributed by atoms with Crippen LogP contribution >= 0.6 is 34.8 Å². The molecule has 0 aliphatic rings. The van der Waals surface area contributed by atoms with Crippen LogP contribution in [0.25, 0.3) is 17.1 Å². The first kappa shape index (κ1) is 22.9. The average molecular weight is 504 g/mol. The standard InChI is InChI=1S/C23H17Cl3N4O3/c1-32-16-8-10-20(33-2)19(12-16)27-23(31)21-28-22(13-3-5-14(24)6-4-13)30(29-21)15-7-9-17(25)18(26)11-15/h3-12H,1-2H3,(H,27,31). The number of amides is 1.